The largest absolute Gasteiger partial charge is 0.260 e. The molecule has 0 unspecified atom stereocenters. The average Bonchev–Trinajstić information content (AvgIpc) is 3.94. The summed E-state index contributed by atoms with van der Waals surface area (Å²) in [6.45, 7) is 2.24. The van der Waals surface area contributed by atoms with Gasteiger partial charge in [-0.3, -0.25) is 0 Å². The van der Waals surface area contributed by atoms with Gasteiger partial charge in [-0.05, 0) is 114 Å². The van der Waals surface area contributed by atoms with E-state index in [2.05, 4.69) is 192 Å². The highest BCUT2D eigenvalue weighted by Crippen LogP contribution is 2.58. The Balaban J connectivity index is 1.29. The van der Waals surface area contributed by atoms with E-state index in [-0.39, 0.29) is 0 Å². The van der Waals surface area contributed by atoms with Gasteiger partial charge in [0, 0.05) is 21.9 Å². The second-order valence-corrected chi connectivity index (χ2v) is 16.0. The first kappa shape index (κ1) is 31.5. The van der Waals surface area contributed by atoms with Gasteiger partial charge in [-0.1, -0.05) is 146 Å². The molecule has 2 aromatic heterocycles. The first-order chi connectivity index (χ1) is 27.8. The molecule has 1 aliphatic carbocycles. The van der Waals surface area contributed by atoms with Crippen LogP contribution in [0.1, 0.15) is 12.7 Å². The second kappa shape index (κ2) is 12.1. The normalized spacial score (nSPS) is 12.1. The molecule has 262 valence electrons. The number of rotatable bonds is 5. The summed E-state index contributed by atoms with van der Waals surface area (Å²) in [5.74, 6) is 1.20. The van der Waals surface area contributed by atoms with E-state index in [1.54, 1.807) is 0 Å². The fraction of sp³-hybridized carbons (Fsp3) is 0.0377. The standard InChI is InChI=1S/C53H34N2S/c1-2-47-54-43-26-9-10-27-44(43)55(47)45-30-29-37(51-38-22-8-11-28-46(38)56-53(45)51)42-31-41(33-15-4-3-5-16-33)50-39-24-13-19-34-20-14-25-40(48(34)39)52(50)49(42)36-23-12-18-32-17-6-7-21-35(32)36/h3-31H,2H2,1H3/p+1. The lowest BCUT2D eigenvalue weighted by Crippen LogP contribution is -2.34. The number of nitrogens with one attached hydrogen (secondary N) is 1. The van der Waals surface area contributed by atoms with Crippen molar-refractivity contribution in [3.05, 3.63) is 182 Å². The summed E-state index contributed by atoms with van der Waals surface area (Å²) in [7, 11) is 0. The molecule has 0 aliphatic heterocycles. The van der Waals surface area contributed by atoms with Gasteiger partial charge in [0.25, 0.3) is 5.82 Å². The minimum Gasteiger partial charge on any atom is -0.240 e. The maximum absolute atomic E-state index is 3.74. The van der Waals surface area contributed by atoms with E-state index in [0.29, 0.717) is 0 Å². The van der Waals surface area contributed by atoms with E-state index < -0.39 is 0 Å². The zero-order valence-electron chi connectivity index (χ0n) is 30.8. The molecule has 1 aliphatic rings. The summed E-state index contributed by atoms with van der Waals surface area (Å²) in [6.07, 6.45) is 0.894. The van der Waals surface area contributed by atoms with Crippen molar-refractivity contribution in [3.8, 4) is 61.3 Å². The van der Waals surface area contributed by atoms with Crippen molar-refractivity contribution in [2.24, 2.45) is 0 Å². The quantitative estimate of drug-likeness (QED) is 0.170. The maximum atomic E-state index is 3.74. The number of H-pyrrole nitrogens is 1. The van der Waals surface area contributed by atoms with E-state index in [1.807, 2.05) is 11.3 Å². The number of thiophene rings is 1. The van der Waals surface area contributed by atoms with Crippen LogP contribution in [0.3, 0.4) is 0 Å². The molecule has 11 aromatic rings. The molecule has 56 heavy (non-hydrogen) atoms. The smallest absolute Gasteiger partial charge is 0.240 e. The van der Waals surface area contributed by atoms with Gasteiger partial charge in [-0.25, -0.2) is 4.98 Å². The fourth-order valence-electron chi connectivity index (χ4n) is 9.64. The number of aromatic nitrogens is 2. The van der Waals surface area contributed by atoms with Crippen LogP contribution in [0.15, 0.2) is 176 Å². The van der Waals surface area contributed by atoms with Crippen LogP contribution in [0, 0.1) is 0 Å². The molecule has 3 heteroatoms. The Bertz CT molecular complexity index is 3390. The number of hydrogen-bond acceptors (Lipinski definition) is 1. The first-order valence-corrected chi connectivity index (χ1v) is 20.3. The van der Waals surface area contributed by atoms with Crippen LogP contribution in [0.5, 0.6) is 0 Å². The Labute approximate surface area is 328 Å². The summed E-state index contributed by atoms with van der Waals surface area (Å²) in [4.78, 5) is 3.74. The number of imidazole rings is 1. The van der Waals surface area contributed by atoms with Gasteiger partial charge >= 0.3 is 0 Å². The highest BCUT2D eigenvalue weighted by Gasteiger charge is 2.32. The molecule has 1 N–H and O–H groups in total. The van der Waals surface area contributed by atoms with E-state index >= 15 is 0 Å². The minimum atomic E-state index is 0.894. The van der Waals surface area contributed by atoms with Crippen molar-refractivity contribution in [1.29, 1.82) is 0 Å². The van der Waals surface area contributed by atoms with Crippen LogP contribution in [0.2, 0.25) is 0 Å². The molecule has 2 nitrogen and oxygen atoms in total. The molecule has 2 heterocycles. The van der Waals surface area contributed by atoms with Crippen LogP contribution in [0.25, 0.3) is 114 Å². The second-order valence-electron chi connectivity index (χ2n) is 14.9. The summed E-state index contributed by atoms with van der Waals surface area (Å²) in [5.41, 5.74) is 16.4. The zero-order chi connectivity index (χ0) is 36.9. The molecule has 0 atom stereocenters. The highest BCUT2D eigenvalue weighted by molar-refractivity contribution is 7.26. The predicted molar refractivity (Wildman–Crippen MR) is 238 cm³/mol. The Morgan fingerprint density at radius 2 is 1.14 bits per heavy atom. The predicted octanol–water partition coefficient (Wildman–Crippen LogP) is 14.3. The van der Waals surface area contributed by atoms with E-state index in [0.717, 1.165) is 11.9 Å². The lowest BCUT2D eigenvalue weighted by atomic mass is 9.80. The zero-order valence-corrected chi connectivity index (χ0v) is 31.6. The lowest BCUT2D eigenvalue weighted by molar-refractivity contribution is -0.574. The number of aromatic amines is 1. The van der Waals surface area contributed by atoms with Gasteiger partial charge in [0.2, 0.25) is 0 Å². The molecule has 0 bridgehead atoms. The van der Waals surface area contributed by atoms with Crippen LogP contribution < -0.4 is 4.57 Å². The van der Waals surface area contributed by atoms with Gasteiger partial charge in [0.15, 0.2) is 16.7 Å². The van der Waals surface area contributed by atoms with Gasteiger partial charge in [0.1, 0.15) is 0 Å². The average molecular weight is 732 g/mol. The topological polar surface area (TPSA) is 19.7 Å². The monoisotopic (exact) mass is 731 g/mol. The van der Waals surface area contributed by atoms with Gasteiger partial charge in [0.05, 0.1) is 4.70 Å². The number of para-hydroxylation sites is 2. The van der Waals surface area contributed by atoms with Crippen LogP contribution in [-0.2, 0) is 6.42 Å². The number of fused-ring (bicyclic) bond motifs is 8. The first-order valence-electron chi connectivity index (χ1n) is 19.5. The number of aryl methyl sites for hydroxylation is 1. The van der Waals surface area contributed by atoms with Crippen LogP contribution >= 0.6 is 11.3 Å². The maximum Gasteiger partial charge on any atom is 0.260 e. The third kappa shape index (κ3) is 4.40. The molecular formula is C53H35N2S+. The van der Waals surface area contributed by atoms with Crippen molar-refractivity contribution < 1.29 is 4.57 Å². The van der Waals surface area contributed by atoms with E-state index in [4.69, 9.17) is 0 Å². The Kier molecular flexibility index (Phi) is 6.81. The number of benzene rings is 9. The van der Waals surface area contributed by atoms with Crippen molar-refractivity contribution in [2.45, 2.75) is 13.3 Å². The van der Waals surface area contributed by atoms with Crippen LogP contribution in [-0.4, -0.2) is 4.98 Å². The molecular weight excluding hydrogens is 697 g/mol. The molecule has 0 radical (unpaired) electrons. The molecule has 0 spiro atoms. The van der Waals surface area contributed by atoms with E-state index in [9.17, 15) is 0 Å². The fourth-order valence-corrected chi connectivity index (χ4v) is 10.9. The van der Waals surface area contributed by atoms with Crippen molar-refractivity contribution in [2.75, 3.05) is 0 Å². The minimum absolute atomic E-state index is 0.894. The Hall–Kier alpha value is -6.81. The summed E-state index contributed by atoms with van der Waals surface area (Å²) in [5, 5.41) is 7.72. The summed E-state index contributed by atoms with van der Waals surface area (Å²) >= 11 is 1.90. The molecule has 0 saturated heterocycles. The van der Waals surface area contributed by atoms with Crippen LogP contribution in [0.4, 0.5) is 0 Å². The Morgan fingerprint density at radius 1 is 0.482 bits per heavy atom. The lowest BCUT2D eigenvalue weighted by Gasteiger charge is -2.22. The highest BCUT2D eigenvalue weighted by atomic mass is 32.1. The van der Waals surface area contributed by atoms with Crippen molar-refractivity contribution in [3.63, 3.8) is 0 Å². The summed E-state index contributed by atoms with van der Waals surface area (Å²) in [6, 6.07) is 65.4. The number of hydrogen-bond donors (Lipinski definition) is 1. The SMILES string of the molecule is CCc1[nH]c2ccccc2[n+]1-c1ccc(-c2cc(-c3ccccc3)c3c(c2-c2cccc4ccccc24)-c2cccc4cccc-3c24)c2c1sc1ccccc12. The Morgan fingerprint density at radius 3 is 1.98 bits per heavy atom. The van der Waals surface area contributed by atoms with Crippen molar-refractivity contribution in [1.82, 2.24) is 4.98 Å². The molecule has 9 aromatic carbocycles. The van der Waals surface area contributed by atoms with Gasteiger partial charge in [-0.2, -0.15) is 4.57 Å². The summed E-state index contributed by atoms with van der Waals surface area (Å²) < 4.78 is 5.05. The molecule has 12 rings (SSSR count). The molecule has 0 saturated carbocycles. The molecule has 0 fully saturated rings. The third-order valence-corrected chi connectivity index (χ3v) is 13.2. The third-order valence-electron chi connectivity index (χ3n) is 12.0. The van der Waals surface area contributed by atoms with Crippen molar-refractivity contribution >= 4 is 64.1 Å². The van der Waals surface area contributed by atoms with Gasteiger partial charge in [-0.15, -0.1) is 11.3 Å². The van der Waals surface area contributed by atoms with Gasteiger partial charge < -0.3 is 0 Å². The molecule has 0 amide bonds. The number of nitrogens with zero attached hydrogens (tertiary/aromatic N) is 1. The van der Waals surface area contributed by atoms with E-state index in [1.165, 1.54) is 114 Å².